The minimum absolute atomic E-state index is 0.101. The monoisotopic (exact) mass is 358 g/mol. The first-order valence-corrected chi connectivity index (χ1v) is 8.22. The number of aryl methyl sites for hydroxylation is 1. The lowest BCUT2D eigenvalue weighted by Crippen LogP contribution is -2.15. The van der Waals surface area contributed by atoms with E-state index in [4.69, 9.17) is 14.6 Å². The SMILES string of the molecule is Cc1occc1-c1nnc(SCC(=O)Nc2ccc(C(N)=O)cc2)o1. The van der Waals surface area contributed by atoms with Gasteiger partial charge in [-0.25, -0.2) is 0 Å². The predicted octanol–water partition coefficient (Wildman–Crippen LogP) is 2.47. The summed E-state index contributed by atoms with van der Waals surface area (Å²) in [6.07, 6.45) is 1.54. The van der Waals surface area contributed by atoms with Gasteiger partial charge >= 0.3 is 0 Å². The number of thioether (sulfide) groups is 1. The van der Waals surface area contributed by atoms with Gasteiger partial charge in [0, 0.05) is 11.3 Å². The van der Waals surface area contributed by atoms with E-state index in [2.05, 4.69) is 15.5 Å². The summed E-state index contributed by atoms with van der Waals surface area (Å²) >= 11 is 1.12. The van der Waals surface area contributed by atoms with Crippen molar-refractivity contribution in [2.24, 2.45) is 5.73 Å². The lowest BCUT2D eigenvalue weighted by atomic mass is 10.2. The standard InChI is InChI=1S/C16H14N4O4S/c1-9-12(6-7-23-9)15-19-20-16(24-15)25-8-13(21)18-11-4-2-10(3-5-11)14(17)22/h2-7H,8H2,1H3,(H2,17,22)(H,18,21). The zero-order chi connectivity index (χ0) is 17.8. The molecule has 128 valence electrons. The fraction of sp³-hybridized carbons (Fsp3) is 0.125. The highest BCUT2D eigenvalue weighted by atomic mass is 32.2. The average molecular weight is 358 g/mol. The topological polar surface area (TPSA) is 124 Å². The molecule has 0 unspecified atom stereocenters. The Balaban J connectivity index is 1.55. The molecular weight excluding hydrogens is 344 g/mol. The first-order chi connectivity index (χ1) is 12.0. The number of rotatable bonds is 6. The van der Waals surface area contributed by atoms with Crippen molar-refractivity contribution in [3.63, 3.8) is 0 Å². The quantitative estimate of drug-likeness (QED) is 0.648. The molecule has 8 nitrogen and oxygen atoms in total. The van der Waals surface area contributed by atoms with Gasteiger partial charge in [0.25, 0.3) is 11.1 Å². The smallest absolute Gasteiger partial charge is 0.277 e. The number of hydrogen-bond acceptors (Lipinski definition) is 7. The molecule has 0 spiro atoms. The van der Waals surface area contributed by atoms with Crippen LogP contribution >= 0.6 is 11.8 Å². The Bertz CT molecular complexity index is 901. The summed E-state index contributed by atoms with van der Waals surface area (Å²) in [5, 5.41) is 10.8. The number of amides is 2. The Morgan fingerprint density at radius 2 is 1.96 bits per heavy atom. The van der Waals surface area contributed by atoms with E-state index in [0.717, 1.165) is 17.3 Å². The van der Waals surface area contributed by atoms with Crippen LogP contribution in [0.4, 0.5) is 5.69 Å². The molecule has 3 rings (SSSR count). The average Bonchev–Trinajstić information content (AvgIpc) is 3.22. The molecule has 0 bridgehead atoms. The third-order valence-electron chi connectivity index (χ3n) is 3.28. The number of anilines is 1. The molecule has 0 aliphatic heterocycles. The summed E-state index contributed by atoms with van der Waals surface area (Å²) in [6, 6.07) is 8.04. The van der Waals surface area contributed by atoms with E-state index in [9.17, 15) is 9.59 Å². The maximum absolute atomic E-state index is 12.0. The van der Waals surface area contributed by atoms with Crippen molar-refractivity contribution in [3.05, 3.63) is 47.9 Å². The van der Waals surface area contributed by atoms with Crippen molar-refractivity contribution in [1.29, 1.82) is 0 Å². The number of carbonyl (C=O) groups excluding carboxylic acids is 2. The number of nitrogens with two attached hydrogens (primary N) is 1. The Kier molecular flexibility index (Phi) is 4.85. The molecule has 0 fully saturated rings. The number of nitrogens with one attached hydrogen (secondary N) is 1. The van der Waals surface area contributed by atoms with Crippen LogP contribution in [0.5, 0.6) is 0 Å². The maximum atomic E-state index is 12.0. The van der Waals surface area contributed by atoms with Gasteiger partial charge in [-0.2, -0.15) is 0 Å². The largest absolute Gasteiger partial charge is 0.469 e. The van der Waals surface area contributed by atoms with Crippen molar-refractivity contribution in [1.82, 2.24) is 10.2 Å². The first kappa shape index (κ1) is 16.8. The van der Waals surface area contributed by atoms with E-state index in [-0.39, 0.29) is 16.9 Å². The highest BCUT2D eigenvalue weighted by Crippen LogP contribution is 2.26. The van der Waals surface area contributed by atoms with E-state index in [1.165, 1.54) is 0 Å². The van der Waals surface area contributed by atoms with Crippen LogP contribution < -0.4 is 11.1 Å². The van der Waals surface area contributed by atoms with Crippen LogP contribution in [0, 0.1) is 6.92 Å². The fourth-order valence-electron chi connectivity index (χ4n) is 2.03. The van der Waals surface area contributed by atoms with Gasteiger partial charge in [0.2, 0.25) is 11.8 Å². The molecule has 0 aliphatic rings. The van der Waals surface area contributed by atoms with Gasteiger partial charge in [0.05, 0.1) is 17.6 Å². The molecule has 0 aliphatic carbocycles. The van der Waals surface area contributed by atoms with Crippen LogP contribution in [0.15, 0.2) is 50.7 Å². The highest BCUT2D eigenvalue weighted by Gasteiger charge is 2.14. The van der Waals surface area contributed by atoms with Crippen LogP contribution in [-0.4, -0.2) is 27.8 Å². The Labute approximate surface area is 146 Å². The maximum Gasteiger partial charge on any atom is 0.277 e. The first-order valence-electron chi connectivity index (χ1n) is 7.23. The zero-order valence-corrected chi connectivity index (χ0v) is 14.0. The second-order valence-corrected chi connectivity index (χ2v) is 5.97. The van der Waals surface area contributed by atoms with E-state index in [1.807, 2.05) is 0 Å². The van der Waals surface area contributed by atoms with Crippen molar-refractivity contribution >= 4 is 29.3 Å². The molecule has 0 atom stereocenters. The Morgan fingerprint density at radius 3 is 2.60 bits per heavy atom. The van der Waals surface area contributed by atoms with Gasteiger partial charge < -0.3 is 19.9 Å². The number of benzene rings is 1. The zero-order valence-electron chi connectivity index (χ0n) is 13.2. The lowest BCUT2D eigenvalue weighted by Gasteiger charge is -2.04. The van der Waals surface area contributed by atoms with Crippen molar-refractivity contribution in [3.8, 4) is 11.5 Å². The lowest BCUT2D eigenvalue weighted by molar-refractivity contribution is -0.113. The molecule has 2 aromatic heterocycles. The van der Waals surface area contributed by atoms with E-state index < -0.39 is 5.91 Å². The van der Waals surface area contributed by atoms with E-state index in [0.29, 0.717) is 22.9 Å². The van der Waals surface area contributed by atoms with Crippen molar-refractivity contribution < 1.29 is 18.4 Å². The Hall–Kier alpha value is -3.07. The van der Waals surface area contributed by atoms with Crippen LogP contribution in [0.2, 0.25) is 0 Å². The van der Waals surface area contributed by atoms with Gasteiger partial charge in [-0.15, -0.1) is 10.2 Å². The highest BCUT2D eigenvalue weighted by molar-refractivity contribution is 7.99. The second-order valence-electron chi connectivity index (χ2n) is 5.04. The molecule has 3 aromatic rings. The molecule has 2 heterocycles. The number of hydrogen-bond donors (Lipinski definition) is 2. The van der Waals surface area contributed by atoms with Gasteiger partial charge in [-0.3, -0.25) is 9.59 Å². The van der Waals surface area contributed by atoms with Crippen molar-refractivity contribution in [2.45, 2.75) is 12.1 Å². The third-order valence-corrected chi connectivity index (χ3v) is 4.09. The summed E-state index contributed by atoms with van der Waals surface area (Å²) in [6.45, 7) is 1.79. The van der Waals surface area contributed by atoms with Crippen LogP contribution in [-0.2, 0) is 4.79 Å². The Morgan fingerprint density at radius 1 is 1.20 bits per heavy atom. The van der Waals surface area contributed by atoms with Crippen molar-refractivity contribution in [2.75, 3.05) is 11.1 Å². The summed E-state index contributed by atoms with van der Waals surface area (Å²) in [5.74, 6) is 0.363. The summed E-state index contributed by atoms with van der Waals surface area (Å²) in [4.78, 5) is 23.0. The third kappa shape index (κ3) is 4.07. The molecule has 1 aromatic carbocycles. The number of furan rings is 1. The van der Waals surface area contributed by atoms with Gasteiger partial charge in [0.1, 0.15) is 5.76 Å². The molecule has 0 saturated heterocycles. The summed E-state index contributed by atoms with van der Waals surface area (Å²) in [5.41, 5.74) is 6.83. The minimum atomic E-state index is -0.520. The fourth-order valence-corrected chi connectivity index (χ4v) is 2.59. The second kappa shape index (κ2) is 7.22. The van der Waals surface area contributed by atoms with Gasteiger partial charge in [-0.1, -0.05) is 11.8 Å². The molecule has 3 N–H and O–H groups in total. The molecule has 25 heavy (non-hydrogen) atoms. The van der Waals surface area contributed by atoms with E-state index in [1.54, 1.807) is 43.5 Å². The molecule has 2 amide bonds. The number of aromatic nitrogens is 2. The van der Waals surface area contributed by atoms with Gasteiger partial charge in [-0.05, 0) is 37.3 Å². The van der Waals surface area contributed by atoms with Crippen LogP contribution in [0.3, 0.4) is 0 Å². The molecule has 0 radical (unpaired) electrons. The number of nitrogens with zero attached hydrogens (tertiary/aromatic N) is 2. The predicted molar refractivity (Wildman–Crippen MR) is 91.1 cm³/mol. The number of primary amides is 1. The van der Waals surface area contributed by atoms with Gasteiger partial charge in [0.15, 0.2) is 0 Å². The molecule has 9 heteroatoms. The normalized spacial score (nSPS) is 10.6. The molecule has 0 saturated carbocycles. The van der Waals surface area contributed by atoms with E-state index >= 15 is 0 Å². The van der Waals surface area contributed by atoms with Crippen LogP contribution in [0.1, 0.15) is 16.1 Å². The van der Waals surface area contributed by atoms with Crippen LogP contribution in [0.25, 0.3) is 11.5 Å². The molecular formula is C16H14N4O4S. The number of carbonyl (C=O) groups is 2. The summed E-state index contributed by atoms with van der Waals surface area (Å²) < 4.78 is 10.7. The minimum Gasteiger partial charge on any atom is -0.469 e. The summed E-state index contributed by atoms with van der Waals surface area (Å²) in [7, 11) is 0.